The van der Waals surface area contributed by atoms with Crippen molar-refractivity contribution in [3.8, 4) is 0 Å². The van der Waals surface area contributed by atoms with Gasteiger partial charge in [0.25, 0.3) is 0 Å². The van der Waals surface area contributed by atoms with Gasteiger partial charge in [0.1, 0.15) is 0 Å². The first-order valence-corrected chi connectivity index (χ1v) is 2.84. The average molecular weight is 179 g/mol. The van der Waals surface area contributed by atoms with Crippen molar-refractivity contribution in [2.75, 3.05) is 6.54 Å². The van der Waals surface area contributed by atoms with Gasteiger partial charge in [-0.1, -0.05) is 0 Å². The molecule has 9 nitrogen and oxygen atoms in total. The Morgan fingerprint density at radius 2 is 1.42 bits per heavy atom. The summed E-state index contributed by atoms with van der Waals surface area (Å²) in [5.41, 5.74) is 0. The highest BCUT2D eigenvalue weighted by molar-refractivity contribution is 4.40. The van der Waals surface area contributed by atoms with Crippen LogP contribution in [0, 0.1) is 30.3 Å². The van der Waals surface area contributed by atoms with Crippen LogP contribution in [-0.4, -0.2) is 27.5 Å². The first kappa shape index (κ1) is 10.2. The Balaban J connectivity index is 4.06. The molecule has 0 aromatic carbocycles. The van der Waals surface area contributed by atoms with Crippen molar-refractivity contribution in [2.45, 2.75) is 12.6 Å². The molecule has 0 fully saturated rings. The Labute approximate surface area is 65.4 Å². The van der Waals surface area contributed by atoms with Crippen molar-refractivity contribution in [1.82, 2.24) is 0 Å². The Morgan fingerprint density at radius 3 is 1.67 bits per heavy atom. The lowest BCUT2D eigenvalue weighted by Gasteiger charge is -1.97. The minimum absolute atomic E-state index is 0.688. The molecular formula is C3H5N3O6. The van der Waals surface area contributed by atoms with Crippen LogP contribution in [-0.2, 0) is 0 Å². The molecule has 0 amide bonds. The van der Waals surface area contributed by atoms with Gasteiger partial charge in [-0.3, -0.25) is 30.3 Å². The van der Waals surface area contributed by atoms with E-state index in [0.717, 1.165) is 0 Å². The summed E-state index contributed by atoms with van der Waals surface area (Å²) < 4.78 is 0. The summed E-state index contributed by atoms with van der Waals surface area (Å²) in [6.45, 7) is -0.771. The molecule has 0 radical (unpaired) electrons. The van der Waals surface area contributed by atoms with Crippen LogP contribution in [0.4, 0.5) is 0 Å². The molecule has 9 heteroatoms. The molecule has 0 bridgehead atoms. The number of nitro groups is 3. The van der Waals surface area contributed by atoms with Crippen LogP contribution in [0.5, 0.6) is 0 Å². The Kier molecular flexibility index (Phi) is 3.53. The highest BCUT2D eigenvalue weighted by Crippen LogP contribution is 1.97. The number of rotatable bonds is 5. The predicted octanol–water partition coefficient (Wildman–Crippen LogP) is -0.467. The van der Waals surface area contributed by atoms with E-state index in [4.69, 9.17) is 0 Å². The second kappa shape index (κ2) is 4.16. The van der Waals surface area contributed by atoms with E-state index >= 15 is 0 Å². The molecule has 12 heavy (non-hydrogen) atoms. The molecule has 68 valence electrons. The number of hydrogen-bond donors (Lipinski definition) is 0. The molecule has 0 saturated heterocycles. The van der Waals surface area contributed by atoms with Crippen LogP contribution in [0.3, 0.4) is 0 Å². The zero-order valence-electron chi connectivity index (χ0n) is 5.78. The highest BCUT2D eigenvalue weighted by atomic mass is 16.7. The van der Waals surface area contributed by atoms with E-state index in [2.05, 4.69) is 0 Å². The van der Waals surface area contributed by atoms with Crippen LogP contribution in [0.25, 0.3) is 0 Å². The molecule has 0 saturated carbocycles. The molecule has 0 rings (SSSR count). The van der Waals surface area contributed by atoms with Gasteiger partial charge in [0.2, 0.25) is 6.54 Å². The third-order valence-corrected chi connectivity index (χ3v) is 1.06. The van der Waals surface area contributed by atoms with Crippen molar-refractivity contribution in [2.24, 2.45) is 0 Å². The highest BCUT2D eigenvalue weighted by Gasteiger charge is 2.33. The Morgan fingerprint density at radius 1 is 1.00 bits per heavy atom. The fourth-order valence-corrected chi connectivity index (χ4v) is 0.509. The minimum Gasteiger partial charge on any atom is -0.265 e. The molecule has 0 unspecified atom stereocenters. The van der Waals surface area contributed by atoms with Gasteiger partial charge >= 0.3 is 6.17 Å². The van der Waals surface area contributed by atoms with Crippen molar-refractivity contribution in [3.05, 3.63) is 30.3 Å². The number of hydrogen-bond acceptors (Lipinski definition) is 6. The van der Waals surface area contributed by atoms with Crippen LogP contribution >= 0.6 is 0 Å². The summed E-state index contributed by atoms with van der Waals surface area (Å²) in [6, 6.07) is 0. The molecule has 0 N–H and O–H groups in total. The van der Waals surface area contributed by atoms with Gasteiger partial charge < -0.3 is 0 Å². The van der Waals surface area contributed by atoms with Gasteiger partial charge in [-0.2, -0.15) is 0 Å². The molecule has 0 atom stereocenters. The summed E-state index contributed by atoms with van der Waals surface area (Å²) in [4.78, 5) is 26.4. The normalized spacial score (nSPS) is 9.75. The maximum Gasteiger partial charge on any atom is 0.457 e. The topological polar surface area (TPSA) is 129 Å². The van der Waals surface area contributed by atoms with Crippen molar-refractivity contribution in [3.63, 3.8) is 0 Å². The summed E-state index contributed by atoms with van der Waals surface area (Å²) in [6.07, 6.45) is -2.76. The van der Waals surface area contributed by atoms with Crippen LogP contribution < -0.4 is 0 Å². The second-order valence-corrected chi connectivity index (χ2v) is 1.90. The van der Waals surface area contributed by atoms with Gasteiger partial charge in [-0.15, -0.1) is 0 Å². The van der Waals surface area contributed by atoms with Crippen molar-refractivity contribution >= 4 is 0 Å². The monoisotopic (exact) mass is 179 g/mol. The van der Waals surface area contributed by atoms with Gasteiger partial charge in [0, 0.05) is 4.92 Å². The first-order valence-electron chi connectivity index (χ1n) is 2.84. The summed E-state index contributed by atoms with van der Waals surface area (Å²) >= 11 is 0. The van der Waals surface area contributed by atoms with Crippen molar-refractivity contribution < 1.29 is 14.8 Å². The standard InChI is InChI=1S/C3H5N3O6/c7-4(8)2-1-3(5(9)10)6(11)12/h3H,1-2H2. The molecular weight excluding hydrogens is 174 g/mol. The largest absolute Gasteiger partial charge is 0.457 e. The SMILES string of the molecule is O=[N+]([O-])CCC([N+](=O)[O-])[N+](=O)[O-]. The Bertz CT molecular complexity index is 200. The van der Waals surface area contributed by atoms with E-state index in [1.165, 1.54) is 0 Å². The lowest BCUT2D eigenvalue weighted by Crippen LogP contribution is -2.30. The quantitative estimate of drug-likeness (QED) is 0.318. The molecule has 0 aromatic heterocycles. The maximum absolute atomic E-state index is 9.89. The van der Waals surface area contributed by atoms with Gasteiger partial charge in [-0.25, -0.2) is 0 Å². The van der Waals surface area contributed by atoms with E-state index in [0.29, 0.717) is 0 Å². The minimum atomic E-state index is -2.07. The zero-order valence-corrected chi connectivity index (χ0v) is 5.78. The number of nitrogens with zero attached hydrogens (tertiary/aromatic N) is 3. The van der Waals surface area contributed by atoms with Crippen LogP contribution in [0.2, 0.25) is 0 Å². The maximum atomic E-state index is 9.89. The third-order valence-electron chi connectivity index (χ3n) is 1.06. The fraction of sp³-hybridized carbons (Fsp3) is 1.00. The molecule has 0 heterocycles. The molecule has 0 spiro atoms. The third kappa shape index (κ3) is 3.39. The van der Waals surface area contributed by atoms with E-state index in [-0.39, 0.29) is 0 Å². The summed E-state index contributed by atoms with van der Waals surface area (Å²) in [5.74, 6) is 0. The fourth-order valence-electron chi connectivity index (χ4n) is 0.509. The van der Waals surface area contributed by atoms with Gasteiger partial charge in [0.05, 0.1) is 9.85 Å². The van der Waals surface area contributed by atoms with E-state index < -0.39 is 33.9 Å². The molecule has 0 aliphatic heterocycles. The van der Waals surface area contributed by atoms with E-state index in [9.17, 15) is 30.3 Å². The predicted molar refractivity (Wildman–Crippen MR) is 34.3 cm³/mol. The van der Waals surface area contributed by atoms with Crippen LogP contribution in [0.1, 0.15) is 6.42 Å². The lowest BCUT2D eigenvalue weighted by atomic mass is 10.3. The first-order chi connectivity index (χ1) is 5.45. The van der Waals surface area contributed by atoms with Gasteiger partial charge in [-0.05, 0) is 0 Å². The summed E-state index contributed by atoms with van der Waals surface area (Å²) in [5, 5.41) is 29.5. The smallest absolute Gasteiger partial charge is 0.265 e. The molecule has 0 aromatic rings. The van der Waals surface area contributed by atoms with Gasteiger partial charge in [0.15, 0.2) is 6.42 Å². The summed E-state index contributed by atoms with van der Waals surface area (Å²) in [7, 11) is 0. The van der Waals surface area contributed by atoms with E-state index in [1.54, 1.807) is 0 Å². The van der Waals surface area contributed by atoms with E-state index in [1.807, 2.05) is 0 Å². The molecule has 0 aliphatic rings. The molecule has 0 aliphatic carbocycles. The average Bonchev–Trinajstić information content (AvgIpc) is 1.84. The second-order valence-electron chi connectivity index (χ2n) is 1.90. The Hall–Kier alpha value is -1.80. The lowest BCUT2D eigenvalue weighted by molar-refractivity contribution is -0.746. The van der Waals surface area contributed by atoms with Crippen LogP contribution in [0.15, 0.2) is 0 Å². The zero-order chi connectivity index (χ0) is 9.72. The van der Waals surface area contributed by atoms with Crippen molar-refractivity contribution in [1.29, 1.82) is 0 Å².